The standard InChI is InChI=1S/C24H24N2O5S/c25-24(28)22-15-21(12-13-23(22)31-16-19-5-2-1-3-6-19)32(29,30)20-10-8-18(9-11-20)7-4-14-26-17-27/h1-3,5-6,8-13,15,17H,4,7,14,16H2,(H2,25,28)(H,26,27). The Balaban J connectivity index is 1.79. The topological polar surface area (TPSA) is 116 Å². The minimum atomic E-state index is -3.85. The third kappa shape index (κ3) is 5.73. The maximum absolute atomic E-state index is 13.1. The van der Waals surface area contributed by atoms with E-state index in [0.717, 1.165) is 17.5 Å². The molecule has 0 heterocycles. The van der Waals surface area contributed by atoms with E-state index in [0.29, 0.717) is 19.4 Å². The first-order valence-corrected chi connectivity index (χ1v) is 11.5. The molecular weight excluding hydrogens is 428 g/mol. The van der Waals surface area contributed by atoms with E-state index in [1.165, 1.54) is 30.3 Å². The molecule has 0 saturated carbocycles. The number of hydrogen-bond donors (Lipinski definition) is 2. The molecule has 0 spiro atoms. The van der Waals surface area contributed by atoms with Gasteiger partial charge in [0.05, 0.1) is 15.4 Å². The Labute approximate surface area is 187 Å². The number of hydrogen-bond acceptors (Lipinski definition) is 5. The number of rotatable bonds is 11. The predicted octanol–water partition coefficient (Wildman–Crippen LogP) is 2.88. The predicted molar refractivity (Wildman–Crippen MR) is 120 cm³/mol. The number of aryl methyl sites for hydroxylation is 1. The first-order valence-electron chi connectivity index (χ1n) is 10.0. The number of carbonyl (C=O) groups is 2. The van der Waals surface area contributed by atoms with Gasteiger partial charge < -0.3 is 15.8 Å². The van der Waals surface area contributed by atoms with E-state index in [4.69, 9.17) is 10.5 Å². The molecule has 0 aliphatic heterocycles. The van der Waals surface area contributed by atoms with Crippen LogP contribution in [0.4, 0.5) is 0 Å². The molecule has 32 heavy (non-hydrogen) atoms. The quantitative estimate of drug-likeness (QED) is 0.343. The van der Waals surface area contributed by atoms with Crippen LogP contribution in [0, 0.1) is 0 Å². The summed E-state index contributed by atoms with van der Waals surface area (Å²) >= 11 is 0. The summed E-state index contributed by atoms with van der Waals surface area (Å²) in [7, 11) is -3.85. The van der Waals surface area contributed by atoms with Crippen LogP contribution in [-0.4, -0.2) is 27.3 Å². The van der Waals surface area contributed by atoms with Gasteiger partial charge in [-0.1, -0.05) is 42.5 Å². The summed E-state index contributed by atoms with van der Waals surface area (Å²) in [5, 5.41) is 2.59. The first kappa shape index (κ1) is 23.0. The largest absolute Gasteiger partial charge is 0.488 e. The van der Waals surface area contributed by atoms with Gasteiger partial charge in [0.1, 0.15) is 12.4 Å². The number of nitrogens with two attached hydrogens (primary N) is 1. The Hall–Kier alpha value is -3.65. The van der Waals surface area contributed by atoms with Gasteiger partial charge in [-0.3, -0.25) is 9.59 Å². The average molecular weight is 453 g/mol. The van der Waals surface area contributed by atoms with Crippen molar-refractivity contribution in [3.8, 4) is 5.75 Å². The van der Waals surface area contributed by atoms with Gasteiger partial charge in [0, 0.05) is 6.54 Å². The number of sulfone groups is 1. The number of benzene rings is 3. The van der Waals surface area contributed by atoms with Crippen molar-refractivity contribution >= 4 is 22.2 Å². The van der Waals surface area contributed by atoms with Gasteiger partial charge in [0.25, 0.3) is 5.91 Å². The van der Waals surface area contributed by atoms with Crippen LogP contribution >= 0.6 is 0 Å². The number of nitrogens with one attached hydrogen (secondary N) is 1. The molecule has 2 amide bonds. The normalized spacial score (nSPS) is 11.0. The summed E-state index contributed by atoms with van der Waals surface area (Å²) in [6.07, 6.45) is 2.10. The van der Waals surface area contributed by atoms with Crippen molar-refractivity contribution in [2.75, 3.05) is 6.54 Å². The zero-order valence-electron chi connectivity index (χ0n) is 17.4. The highest BCUT2D eigenvalue weighted by atomic mass is 32.2. The third-order valence-corrected chi connectivity index (χ3v) is 6.63. The van der Waals surface area contributed by atoms with Gasteiger partial charge >= 0.3 is 0 Å². The highest BCUT2D eigenvalue weighted by Crippen LogP contribution is 2.27. The smallest absolute Gasteiger partial charge is 0.252 e. The van der Waals surface area contributed by atoms with Gasteiger partial charge in [-0.25, -0.2) is 8.42 Å². The molecule has 0 radical (unpaired) electrons. The van der Waals surface area contributed by atoms with Crippen LogP contribution in [0.25, 0.3) is 0 Å². The molecule has 0 atom stereocenters. The third-order valence-electron chi connectivity index (χ3n) is 4.87. The number of primary amides is 1. The van der Waals surface area contributed by atoms with E-state index in [2.05, 4.69) is 5.32 Å². The first-order chi connectivity index (χ1) is 15.4. The Morgan fingerprint density at radius 1 is 0.938 bits per heavy atom. The van der Waals surface area contributed by atoms with Gasteiger partial charge in [-0.2, -0.15) is 0 Å². The molecule has 0 bridgehead atoms. The summed E-state index contributed by atoms with van der Waals surface area (Å²) in [4.78, 5) is 22.3. The monoisotopic (exact) mass is 452 g/mol. The number of amides is 2. The maximum Gasteiger partial charge on any atom is 0.252 e. The Morgan fingerprint density at radius 3 is 2.28 bits per heavy atom. The van der Waals surface area contributed by atoms with Crippen LogP contribution in [-0.2, 0) is 27.7 Å². The van der Waals surface area contributed by atoms with E-state index in [1.54, 1.807) is 12.1 Å². The fraction of sp³-hybridized carbons (Fsp3) is 0.167. The molecule has 0 aromatic heterocycles. The van der Waals surface area contributed by atoms with E-state index >= 15 is 0 Å². The van der Waals surface area contributed by atoms with Gasteiger partial charge in [0.2, 0.25) is 16.2 Å². The number of carbonyl (C=O) groups excluding carboxylic acids is 2. The van der Waals surface area contributed by atoms with Crippen LogP contribution in [0.5, 0.6) is 5.75 Å². The molecule has 0 unspecified atom stereocenters. The Morgan fingerprint density at radius 2 is 1.62 bits per heavy atom. The molecule has 0 saturated heterocycles. The van der Waals surface area contributed by atoms with Crippen LogP contribution in [0.15, 0.2) is 82.6 Å². The molecular formula is C24H24N2O5S. The van der Waals surface area contributed by atoms with Crippen LogP contribution < -0.4 is 15.8 Å². The van der Waals surface area contributed by atoms with E-state index in [-0.39, 0.29) is 27.7 Å². The lowest BCUT2D eigenvalue weighted by molar-refractivity contribution is -0.109. The lowest BCUT2D eigenvalue weighted by Crippen LogP contribution is -2.14. The van der Waals surface area contributed by atoms with Crippen LogP contribution in [0.2, 0.25) is 0 Å². The fourth-order valence-electron chi connectivity index (χ4n) is 3.15. The lowest BCUT2D eigenvalue weighted by atomic mass is 10.1. The van der Waals surface area contributed by atoms with Crippen molar-refractivity contribution in [2.45, 2.75) is 29.2 Å². The molecule has 0 aliphatic carbocycles. The molecule has 166 valence electrons. The van der Waals surface area contributed by atoms with Gasteiger partial charge in [-0.05, 0) is 54.3 Å². The number of ether oxygens (including phenoxy) is 1. The van der Waals surface area contributed by atoms with Crippen LogP contribution in [0.3, 0.4) is 0 Å². The van der Waals surface area contributed by atoms with E-state index in [1.807, 2.05) is 30.3 Å². The molecule has 0 aliphatic rings. The van der Waals surface area contributed by atoms with Crippen molar-refractivity contribution in [3.05, 3.63) is 89.5 Å². The fourth-order valence-corrected chi connectivity index (χ4v) is 4.44. The van der Waals surface area contributed by atoms with Gasteiger partial charge in [0.15, 0.2) is 0 Å². The molecule has 7 nitrogen and oxygen atoms in total. The second-order valence-electron chi connectivity index (χ2n) is 7.12. The zero-order valence-corrected chi connectivity index (χ0v) is 18.2. The van der Waals surface area contributed by atoms with E-state index < -0.39 is 15.7 Å². The van der Waals surface area contributed by atoms with Crippen molar-refractivity contribution in [3.63, 3.8) is 0 Å². The second kappa shape index (κ2) is 10.6. The lowest BCUT2D eigenvalue weighted by Gasteiger charge is -2.12. The molecule has 3 aromatic carbocycles. The Kier molecular flexibility index (Phi) is 7.62. The highest BCUT2D eigenvalue weighted by Gasteiger charge is 2.21. The van der Waals surface area contributed by atoms with E-state index in [9.17, 15) is 18.0 Å². The summed E-state index contributed by atoms with van der Waals surface area (Å²) in [5.74, 6) is -0.552. The maximum atomic E-state index is 13.1. The molecule has 3 aromatic rings. The summed E-state index contributed by atoms with van der Waals surface area (Å²) < 4.78 is 31.8. The van der Waals surface area contributed by atoms with Crippen LogP contribution in [0.1, 0.15) is 27.9 Å². The average Bonchev–Trinajstić information content (AvgIpc) is 2.81. The summed E-state index contributed by atoms with van der Waals surface area (Å²) in [6, 6.07) is 20.0. The SMILES string of the molecule is NC(=O)c1cc(S(=O)(=O)c2ccc(CCCNC=O)cc2)ccc1OCc1ccccc1. The highest BCUT2D eigenvalue weighted by molar-refractivity contribution is 7.91. The van der Waals surface area contributed by atoms with Crippen molar-refractivity contribution in [1.82, 2.24) is 5.32 Å². The molecule has 3 N–H and O–H groups in total. The minimum Gasteiger partial charge on any atom is -0.488 e. The molecule has 8 heteroatoms. The van der Waals surface area contributed by atoms with Crippen molar-refractivity contribution < 1.29 is 22.7 Å². The molecule has 3 rings (SSSR count). The van der Waals surface area contributed by atoms with Crippen molar-refractivity contribution in [2.24, 2.45) is 5.73 Å². The summed E-state index contributed by atoms with van der Waals surface area (Å²) in [6.45, 7) is 0.773. The molecule has 0 fully saturated rings. The summed E-state index contributed by atoms with van der Waals surface area (Å²) in [5.41, 5.74) is 7.34. The zero-order chi connectivity index (χ0) is 23.0. The van der Waals surface area contributed by atoms with Crippen molar-refractivity contribution in [1.29, 1.82) is 0 Å². The minimum absolute atomic E-state index is 0.00121. The Bertz CT molecular complexity index is 1180. The second-order valence-corrected chi connectivity index (χ2v) is 9.07. The van der Waals surface area contributed by atoms with Gasteiger partial charge in [-0.15, -0.1) is 0 Å².